The number of pyridine rings is 1. The van der Waals surface area contributed by atoms with Gasteiger partial charge in [-0.25, -0.2) is 4.98 Å². The Kier molecular flexibility index (Phi) is 2.25. The van der Waals surface area contributed by atoms with E-state index in [0.717, 1.165) is 0 Å². The SMILES string of the molecule is CC(=O)c1ccc(Cl)nc1C. The van der Waals surface area contributed by atoms with E-state index in [9.17, 15) is 4.79 Å². The van der Waals surface area contributed by atoms with Crippen molar-refractivity contribution in [2.75, 3.05) is 0 Å². The van der Waals surface area contributed by atoms with Gasteiger partial charge in [0.05, 0.1) is 0 Å². The van der Waals surface area contributed by atoms with Gasteiger partial charge in [-0.15, -0.1) is 0 Å². The highest BCUT2D eigenvalue weighted by Crippen LogP contribution is 2.10. The number of hydrogen-bond donors (Lipinski definition) is 0. The van der Waals surface area contributed by atoms with Gasteiger partial charge in [-0.3, -0.25) is 4.79 Å². The first-order valence-electron chi connectivity index (χ1n) is 3.25. The molecule has 1 rings (SSSR count). The normalized spacial score (nSPS) is 9.73. The van der Waals surface area contributed by atoms with Crippen LogP contribution in [0.3, 0.4) is 0 Å². The summed E-state index contributed by atoms with van der Waals surface area (Å²) in [5.41, 5.74) is 1.32. The van der Waals surface area contributed by atoms with Crippen LogP contribution in [0.1, 0.15) is 23.0 Å². The minimum absolute atomic E-state index is 0.0201. The smallest absolute Gasteiger partial charge is 0.161 e. The molecule has 11 heavy (non-hydrogen) atoms. The number of hydrogen-bond acceptors (Lipinski definition) is 2. The molecule has 0 aromatic carbocycles. The maximum absolute atomic E-state index is 10.9. The van der Waals surface area contributed by atoms with Crippen molar-refractivity contribution in [3.8, 4) is 0 Å². The maximum Gasteiger partial charge on any atom is 0.161 e. The summed E-state index contributed by atoms with van der Waals surface area (Å²) in [5.74, 6) is 0.0201. The molecular weight excluding hydrogens is 162 g/mol. The second-order valence-corrected chi connectivity index (χ2v) is 2.71. The molecule has 58 valence electrons. The Morgan fingerprint density at radius 3 is 2.64 bits per heavy atom. The van der Waals surface area contributed by atoms with E-state index in [1.165, 1.54) is 6.92 Å². The molecule has 3 heteroatoms. The number of carbonyl (C=O) groups is 1. The molecular formula is C8H8ClNO. The first-order chi connectivity index (χ1) is 5.11. The van der Waals surface area contributed by atoms with E-state index in [0.29, 0.717) is 16.4 Å². The van der Waals surface area contributed by atoms with Crippen molar-refractivity contribution >= 4 is 17.4 Å². The van der Waals surface area contributed by atoms with Crippen LogP contribution in [-0.2, 0) is 0 Å². The summed E-state index contributed by atoms with van der Waals surface area (Å²) in [6, 6.07) is 3.30. The molecule has 0 saturated heterocycles. The van der Waals surface area contributed by atoms with Crippen LogP contribution < -0.4 is 0 Å². The van der Waals surface area contributed by atoms with Gasteiger partial charge in [0.1, 0.15) is 5.15 Å². The summed E-state index contributed by atoms with van der Waals surface area (Å²) < 4.78 is 0. The topological polar surface area (TPSA) is 30.0 Å². The lowest BCUT2D eigenvalue weighted by atomic mass is 10.1. The number of aromatic nitrogens is 1. The zero-order chi connectivity index (χ0) is 8.43. The molecule has 1 aromatic rings. The fraction of sp³-hybridized carbons (Fsp3) is 0.250. The molecule has 0 amide bonds. The Morgan fingerprint density at radius 2 is 2.18 bits per heavy atom. The van der Waals surface area contributed by atoms with Gasteiger partial charge >= 0.3 is 0 Å². The molecule has 0 bridgehead atoms. The third-order valence-corrected chi connectivity index (χ3v) is 1.64. The molecule has 0 aliphatic rings. The number of rotatable bonds is 1. The van der Waals surface area contributed by atoms with Gasteiger partial charge in [-0.2, -0.15) is 0 Å². The van der Waals surface area contributed by atoms with Gasteiger partial charge in [0.25, 0.3) is 0 Å². The molecule has 0 spiro atoms. The highest BCUT2D eigenvalue weighted by molar-refractivity contribution is 6.29. The molecule has 1 heterocycles. The molecule has 0 saturated carbocycles. The second kappa shape index (κ2) is 3.01. The monoisotopic (exact) mass is 169 g/mol. The zero-order valence-electron chi connectivity index (χ0n) is 6.39. The van der Waals surface area contributed by atoms with Crippen LogP contribution in [0.25, 0.3) is 0 Å². The first kappa shape index (κ1) is 8.21. The summed E-state index contributed by atoms with van der Waals surface area (Å²) in [7, 11) is 0. The average Bonchev–Trinajstić information content (AvgIpc) is 1.85. The number of ketones is 1. The predicted molar refractivity (Wildman–Crippen MR) is 44.0 cm³/mol. The highest BCUT2D eigenvalue weighted by atomic mass is 35.5. The van der Waals surface area contributed by atoms with E-state index in [1.807, 2.05) is 0 Å². The van der Waals surface area contributed by atoms with Crippen LogP contribution in [0.2, 0.25) is 5.15 Å². The second-order valence-electron chi connectivity index (χ2n) is 2.32. The van der Waals surface area contributed by atoms with Gasteiger partial charge in [-0.05, 0) is 26.0 Å². The fourth-order valence-corrected chi connectivity index (χ4v) is 1.09. The lowest BCUT2D eigenvalue weighted by Gasteiger charge is -1.99. The lowest BCUT2D eigenvalue weighted by molar-refractivity contribution is 0.101. The van der Waals surface area contributed by atoms with E-state index in [2.05, 4.69) is 4.98 Å². The van der Waals surface area contributed by atoms with Gasteiger partial charge in [0.2, 0.25) is 0 Å². The van der Waals surface area contributed by atoms with Gasteiger partial charge in [0, 0.05) is 11.3 Å². The van der Waals surface area contributed by atoms with Crippen molar-refractivity contribution in [3.05, 3.63) is 28.5 Å². The number of carbonyl (C=O) groups excluding carboxylic acids is 1. The van der Waals surface area contributed by atoms with Crippen molar-refractivity contribution in [3.63, 3.8) is 0 Å². The Bertz CT molecular complexity index is 296. The number of Topliss-reactive ketones (excluding diaryl/α,β-unsaturated/α-hetero) is 1. The third-order valence-electron chi connectivity index (χ3n) is 1.43. The van der Waals surface area contributed by atoms with Gasteiger partial charge in [-0.1, -0.05) is 11.6 Å². The quantitative estimate of drug-likeness (QED) is 0.477. The molecule has 0 radical (unpaired) electrons. The van der Waals surface area contributed by atoms with Crippen molar-refractivity contribution in [1.29, 1.82) is 0 Å². The van der Waals surface area contributed by atoms with Crippen LogP contribution in [-0.4, -0.2) is 10.8 Å². The Hall–Kier alpha value is -0.890. The van der Waals surface area contributed by atoms with Crippen molar-refractivity contribution in [1.82, 2.24) is 4.98 Å². The van der Waals surface area contributed by atoms with Crippen LogP contribution in [0, 0.1) is 6.92 Å². The van der Waals surface area contributed by atoms with Crippen molar-refractivity contribution in [2.24, 2.45) is 0 Å². The molecule has 0 atom stereocenters. The lowest BCUT2D eigenvalue weighted by Crippen LogP contribution is -1.97. The molecule has 0 N–H and O–H groups in total. The number of aryl methyl sites for hydroxylation is 1. The zero-order valence-corrected chi connectivity index (χ0v) is 7.14. The van der Waals surface area contributed by atoms with Crippen molar-refractivity contribution in [2.45, 2.75) is 13.8 Å². The summed E-state index contributed by atoms with van der Waals surface area (Å²) in [6.45, 7) is 3.28. The standard InChI is InChI=1S/C8H8ClNO/c1-5-7(6(2)11)3-4-8(9)10-5/h3-4H,1-2H3. The van der Waals surface area contributed by atoms with E-state index in [-0.39, 0.29) is 5.78 Å². The number of halogens is 1. The molecule has 0 fully saturated rings. The molecule has 0 aliphatic carbocycles. The number of nitrogens with zero attached hydrogens (tertiary/aromatic N) is 1. The Morgan fingerprint density at radius 1 is 1.55 bits per heavy atom. The van der Waals surface area contributed by atoms with E-state index >= 15 is 0 Å². The van der Waals surface area contributed by atoms with Gasteiger partial charge < -0.3 is 0 Å². The average molecular weight is 170 g/mol. The summed E-state index contributed by atoms with van der Waals surface area (Å²) in [6.07, 6.45) is 0. The summed E-state index contributed by atoms with van der Waals surface area (Å²) >= 11 is 5.60. The minimum Gasteiger partial charge on any atom is -0.294 e. The van der Waals surface area contributed by atoms with Crippen LogP contribution in [0.15, 0.2) is 12.1 Å². The Balaban J connectivity index is 3.20. The highest BCUT2D eigenvalue weighted by Gasteiger charge is 2.03. The molecule has 2 nitrogen and oxygen atoms in total. The maximum atomic E-state index is 10.9. The largest absolute Gasteiger partial charge is 0.294 e. The summed E-state index contributed by atoms with van der Waals surface area (Å²) in [5, 5.41) is 0.424. The molecule has 0 unspecified atom stereocenters. The van der Waals surface area contributed by atoms with E-state index in [1.54, 1.807) is 19.1 Å². The van der Waals surface area contributed by atoms with Crippen LogP contribution in [0.4, 0.5) is 0 Å². The minimum atomic E-state index is 0.0201. The van der Waals surface area contributed by atoms with Crippen LogP contribution in [0.5, 0.6) is 0 Å². The third kappa shape index (κ3) is 1.77. The predicted octanol–water partition coefficient (Wildman–Crippen LogP) is 2.25. The Labute approximate surface area is 70.2 Å². The summed E-state index contributed by atoms with van der Waals surface area (Å²) in [4.78, 5) is 14.8. The van der Waals surface area contributed by atoms with Crippen molar-refractivity contribution < 1.29 is 4.79 Å². The van der Waals surface area contributed by atoms with E-state index in [4.69, 9.17) is 11.6 Å². The fourth-order valence-electron chi connectivity index (χ4n) is 0.903. The van der Waals surface area contributed by atoms with Gasteiger partial charge in [0.15, 0.2) is 5.78 Å². The first-order valence-corrected chi connectivity index (χ1v) is 3.63. The molecule has 1 aromatic heterocycles. The molecule has 0 aliphatic heterocycles. The van der Waals surface area contributed by atoms with Crippen LogP contribution >= 0.6 is 11.6 Å². The van der Waals surface area contributed by atoms with E-state index < -0.39 is 0 Å².